The molecule has 0 saturated carbocycles. The van der Waals surface area contributed by atoms with Crippen molar-refractivity contribution in [3.63, 3.8) is 0 Å². The lowest BCUT2D eigenvalue weighted by Crippen LogP contribution is -2.51. The van der Waals surface area contributed by atoms with Gasteiger partial charge in [0.05, 0.1) is 25.2 Å². The maximum Gasteiger partial charge on any atom is 0.327 e. The number of benzene rings is 3. The lowest BCUT2D eigenvalue weighted by molar-refractivity contribution is -0.178. The summed E-state index contributed by atoms with van der Waals surface area (Å²) in [5, 5.41) is 0. The van der Waals surface area contributed by atoms with E-state index in [2.05, 4.69) is 0 Å². The van der Waals surface area contributed by atoms with Gasteiger partial charge < -0.3 is 14.2 Å². The van der Waals surface area contributed by atoms with E-state index in [9.17, 15) is 14.4 Å². The molecular weight excluding hydrogens is 456 g/mol. The molecule has 4 rings (SSSR count). The Morgan fingerprint density at radius 2 is 1.28 bits per heavy atom. The van der Waals surface area contributed by atoms with Crippen molar-refractivity contribution in [2.24, 2.45) is 11.3 Å². The normalized spacial score (nSPS) is 20.5. The Morgan fingerprint density at radius 3 is 1.81 bits per heavy atom. The fraction of sp³-hybridized carbons (Fsp3) is 0.300. The Hall–Kier alpha value is -3.77. The summed E-state index contributed by atoms with van der Waals surface area (Å²) in [6.45, 7) is 5.34. The van der Waals surface area contributed by atoms with Gasteiger partial charge in [-0.05, 0) is 31.9 Å². The summed E-state index contributed by atoms with van der Waals surface area (Å²) in [5.41, 5.74) is 0.625. The van der Waals surface area contributed by atoms with Crippen molar-refractivity contribution < 1.29 is 28.6 Å². The predicted molar refractivity (Wildman–Crippen MR) is 134 cm³/mol. The SMILES string of the molecule is CCOC(=O)C1(C(=O)OCC)[C@H](C(=O)c2ccccc2)[C@@H](c2ccc(C)cc2)O[C@H]1c1ccccc1. The molecule has 186 valence electrons. The summed E-state index contributed by atoms with van der Waals surface area (Å²) in [5.74, 6) is -3.27. The van der Waals surface area contributed by atoms with Crippen molar-refractivity contribution in [2.75, 3.05) is 13.2 Å². The van der Waals surface area contributed by atoms with Crippen LogP contribution in [0.3, 0.4) is 0 Å². The molecule has 6 heteroatoms. The number of carbonyl (C=O) groups is 3. The van der Waals surface area contributed by atoms with Crippen molar-refractivity contribution in [3.8, 4) is 0 Å². The second kappa shape index (κ2) is 10.9. The lowest BCUT2D eigenvalue weighted by atomic mass is 9.66. The third kappa shape index (κ3) is 4.44. The van der Waals surface area contributed by atoms with Gasteiger partial charge >= 0.3 is 11.9 Å². The number of aryl methyl sites for hydroxylation is 1. The molecule has 3 aromatic carbocycles. The summed E-state index contributed by atoms with van der Waals surface area (Å²) in [4.78, 5) is 42.0. The minimum atomic E-state index is -2.05. The van der Waals surface area contributed by atoms with Crippen LogP contribution in [0.1, 0.15) is 53.1 Å². The van der Waals surface area contributed by atoms with E-state index in [4.69, 9.17) is 14.2 Å². The van der Waals surface area contributed by atoms with Crippen molar-refractivity contribution >= 4 is 17.7 Å². The van der Waals surface area contributed by atoms with Crippen LogP contribution in [0.2, 0.25) is 0 Å². The number of Topliss-reactive ketones (excluding diaryl/α,β-unsaturated/α-hetero) is 1. The van der Waals surface area contributed by atoms with Gasteiger partial charge in [-0.2, -0.15) is 0 Å². The second-order valence-corrected chi connectivity index (χ2v) is 8.78. The number of rotatable bonds is 8. The Morgan fingerprint density at radius 1 is 0.750 bits per heavy atom. The van der Waals surface area contributed by atoms with Crippen molar-refractivity contribution in [1.29, 1.82) is 0 Å². The zero-order valence-electron chi connectivity index (χ0n) is 20.7. The van der Waals surface area contributed by atoms with Crippen molar-refractivity contribution in [2.45, 2.75) is 33.0 Å². The number of esters is 2. The quantitative estimate of drug-likeness (QED) is 0.240. The van der Waals surface area contributed by atoms with Crippen LogP contribution in [0, 0.1) is 18.3 Å². The average molecular weight is 487 g/mol. The van der Waals surface area contributed by atoms with Crippen molar-refractivity contribution in [3.05, 3.63) is 107 Å². The topological polar surface area (TPSA) is 78.9 Å². The number of hydrogen-bond acceptors (Lipinski definition) is 6. The first kappa shape index (κ1) is 25.3. The van der Waals surface area contributed by atoms with Crippen LogP contribution in [-0.2, 0) is 23.8 Å². The molecule has 0 amide bonds. The molecule has 1 fully saturated rings. The second-order valence-electron chi connectivity index (χ2n) is 8.78. The minimum absolute atomic E-state index is 0.0307. The Kier molecular flexibility index (Phi) is 7.65. The smallest absolute Gasteiger partial charge is 0.327 e. The van der Waals surface area contributed by atoms with Gasteiger partial charge in [0, 0.05) is 5.56 Å². The highest BCUT2D eigenvalue weighted by atomic mass is 16.6. The molecule has 0 unspecified atom stereocenters. The highest BCUT2D eigenvalue weighted by Gasteiger charge is 2.70. The maximum absolute atomic E-state index is 14.2. The van der Waals surface area contributed by atoms with Crippen LogP contribution < -0.4 is 0 Å². The molecule has 1 aliphatic rings. The number of ketones is 1. The Bertz CT molecular complexity index is 1190. The van der Waals surface area contributed by atoms with E-state index < -0.39 is 35.5 Å². The molecule has 1 heterocycles. The average Bonchev–Trinajstić information content (AvgIpc) is 3.27. The van der Waals surface area contributed by atoms with E-state index in [0.29, 0.717) is 16.7 Å². The standard InChI is InChI=1S/C30H30O6/c1-4-34-28(32)30(29(33)35-5-2)24(25(31)21-12-8-6-9-13-21)26(22-18-16-20(3)17-19-22)36-27(30)23-14-10-7-11-15-23/h6-19,24,26-27H,4-5H2,1-3H3/t24-,26-,27+/m1/s1. The largest absolute Gasteiger partial charge is 0.465 e. The molecule has 3 aromatic rings. The van der Waals surface area contributed by atoms with Crippen molar-refractivity contribution in [1.82, 2.24) is 0 Å². The molecule has 3 atom stereocenters. The molecule has 0 aromatic heterocycles. The molecule has 0 radical (unpaired) electrons. The predicted octanol–water partition coefficient (Wildman–Crippen LogP) is 5.42. The van der Waals surface area contributed by atoms with E-state index >= 15 is 0 Å². The van der Waals surface area contributed by atoms with Crippen LogP contribution in [0.5, 0.6) is 0 Å². The molecule has 0 aliphatic carbocycles. The maximum atomic E-state index is 14.2. The third-order valence-corrected chi connectivity index (χ3v) is 6.56. The van der Waals surface area contributed by atoms with Crippen LogP contribution in [-0.4, -0.2) is 30.9 Å². The van der Waals surface area contributed by atoms with E-state index in [1.807, 2.05) is 37.3 Å². The summed E-state index contributed by atoms with van der Waals surface area (Å²) < 4.78 is 17.5. The summed E-state index contributed by atoms with van der Waals surface area (Å²) in [6.07, 6.45) is -1.99. The van der Waals surface area contributed by atoms with E-state index in [1.165, 1.54) is 0 Å². The summed E-state index contributed by atoms with van der Waals surface area (Å²) in [6, 6.07) is 25.2. The zero-order chi connectivity index (χ0) is 25.7. The van der Waals surface area contributed by atoms with Gasteiger partial charge in [0.1, 0.15) is 6.10 Å². The first-order valence-electron chi connectivity index (χ1n) is 12.2. The minimum Gasteiger partial charge on any atom is -0.465 e. The van der Waals surface area contributed by atoms with Crippen LogP contribution in [0.4, 0.5) is 0 Å². The van der Waals surface area contributed by atoms with Gasteiger partial charge in [-0.25, -0.2) is 0 Å². The molecular formula is C30H30O6. The zero-order valence-corrected chi connectivity index (χ0v) is 20.7. The molecule has 0 bridgehead atoms. The van der Waals surface area contributed by atoms with Gasteiger partial charge in [-0.15, -0.1) is 0 Å². The number of carbonyl (C=O) groups excluding carboxylic acids is 3. The molecule has 0 spiro atoms. The number of hydrogen-bond donors (Lipinski definition) is 0. The highest BCUT2D eigenvalue weighted by Crippen LogP contribution is 2.59. The van der Waals surface area contributed by atoms with Gasteiger partial charge in [-0.3, -0.25) is 14.4 Å². The molecule has 0 N–H and O–H groups in total. The highest BCUT2D eigenvalue weighted by molar-refractivity contribution is 6.10. The van der Waals surface area contributed by atoms with E-state index in [1.54, 1.807) is 68.4 Å². The third-order valence-electron chi connectivity index (χ3n) is 6.56. The molecule has 6 nitrogen and oxygen atoms in total. The van der Waals surface area contributed by atoms with E-state index in [0.717, 1.165) is 5.56 Å². The number of ether oxygens (including phenoxy) is 3. The lowest BCUT2D eigenvalue weighted by Gasteiger charge is -2.33. The summed E-state index contributed by atoms with van der Waals surface area (Å²) >= 11 is 0. The fourth-order valence-corrected chi connectivity index (χ4v) is 4.91. The van der Waals surface area contributed by atoms with Crippen LogP contribution in [0.15, 0.2) is 84.9 Å². The van der Waals surface area contributed by atoms with Crippen LogP contribution >= 0.6 is 0 Å². The first-order valence-corrected chi connectivity index (χ1v) is 12.2. The Labute approximate surface area is 211 Å². The van der Waals surface area contributed by atoms with Gasteiger partial charge in [0.15, 0.2) is 5.78 Å². The van der Waals surface area contributed by atoms with Gasteiger partial charge in [0.25, 0.3) is 0 Å². The Balaban J connectivity index is 2.01. The fourth-order valence-electron chi connectivity index (χ4n) is 4.91. The monoisotopic (exact) mass is 486 g/mol. The summed E-state index contributed by atoms with van der Waals surface area (Å²) in [7, 11) is 0. The van der Waals surface area contributed by atoms with Gasteiger partial charge in [0.2, 0.25) is 5.41 Å². The molecule has 1 aliphatic heterocycles. The van der Waals surface area contributed by atoms with Crippen LogP contribution in [0.25, 0.3) is 0 Å². The molecule has 1 saturated heterocycles. The molecule has 36 heavy (non-hydrogen) atoms. The van der Waals surface area contributed by atoms with Gasteiger partial charge in [-0.1, -0.05) is 90.5 Å². The first-order chi connectivity index (χ1) is 17.4. The van der Waals surface area contributed by atoms with E-state index in [-0.39, 0.29) is 19.0 Å².